The maximum atomic E-state index is 12.2. The molecule has 3 aromatic carbocycles. The molecule has 7 heteroatoms. The first-order valence-corrected chi connectivity index (χ1v) is 8.87. The largest absolute Gasteiger partial charge is 0.489 e. The normalized spacial score (nSPS) is 10.7. The number of nitro benzene ring substituents is 1. The molecule has 29 heavy (non-hydrogen) atoms. The summed E-state index contributed by atoms with van der Waals surface area (Å²) in [4.78, 5) is 22.5. The number of nitrogens with zero attached hydrogens (tertiary/aromatic N) is 2. The number of carbonyl (C=O) groups is 1. The van der Waals surface area contributed by atoms with Crippen LogP contribution in [0.25, 0.3) is 0 Å². The van der Waals surface area contributed by atoms with Gasteiger partial charge in [-0.2, -0.15) is 5.10 Å². The molecule has 0 heterocycles. The molecule has 0 aliphatic carbocycles. The van der Waals surface area contributed by atoms with Crippen molar-refractivity contribution in [3.8, 4) is 5.75 Å². The lowest BCUT2D eigenvalue weighted by Crippen LogP contribution is -2.17. The van der Waals surface area contributed by atoms with Crippen LogP contribution in [0.15, 0.2) is 77.9 Å². The molecule has 0 aromatic heterocycles. The van der Waals surface area contributed by atoms with E-state index in [0.717, 1.165) is 11.3 Å². The quantitative estimate of drug-likeness (QED) is 0.371. The van der Waals surface area contributed by atoms with Crippen molar-refractivity contribution in [3.05, 3.63) is 105 Å². The summed E-state index contributed by atoms with van der Waals surface area (Å²) in [5, 5.41) is 14.6. The zero-order valence-electron chi connectivity index (χ0n) is 15.7. The lowest BCUT2D eigenvalue weighted by Gasteiger charge is -2.07. The summed E-state index contributed by atoms with van der Waals surface area (Å²) in [5.74, 6) is 0.408. The van der Waals surface area contributed by atoms with E-state index in [-0.39, 0.29) is 11.6 Å². The summed E-state index contributed by atoms with van der Waals surface area (Å²) < 4.78 is 5.72. The van der Waals surface area contributed by atoms with E-state index in [0.29, 0.717) is 17.7 Å². The minimum absolute atomic E-state index is 0.0382. The van der Waals surface area contributed by atoms with Gasteiger partial charge in [0.15, 0.2) is 0 Å². The fourth-order valence-electron chi connectivity index (χ4n) is 2.50. The second-order valence-corrected chi connectivity index (χ2v) is 6.35. The Morgan fingerprint density at radius 1 is 1.10 bits per heavy atom. The van der Waals surface area contributed by atoms with E-state index < -0.39 is 4.92 Å². The van der Waals surface area contributed by atoms with Crippen molar-refractivity contribution in [2.75, 3.05) is 0 Å². The van der Waals surface area contributed by atoms with Crippen LogP contribution in [0, 0.1) is 17.0 Å². The Morgan fingerprint density at radius 3 is 2.52 bits per heavy atom. The smallest absolute Gasteiger partial charge is 0.271 e. The summed E-state index contributed by atoms with van der Waals surface area (Å²) in [6.07, 6.45) is 1.36. The van der Waals surface area contributed by atoms with Gasteiger partial charge in [-0.3, -0.25) is 14.9 Å². The molecular weight excluding hydrogens is 370 g/mol. The molecular formula is C22H19N3O4. The van der Waals surface area contributed by atoms with Crippen LogP contribution in [-0.4, -0.2) is 17.0 Å². The highest BCUT2D eigenvalue weighted by molar-refractivity contribution is 5.94. The number of non-ortho nitro benzene ring substituents is 1. The predicted octanol–water partition coefficient (Wildman–Crippen LogP) is 4.25. The van der Waals surface area contributed by atoms with Gasteiger partial charge in [-0.25, -0.2) is 5.43 Å². The lowest BCUT2D eigenvalue weighted by atomic mass is 10.1. The minimum atomic E-state index is -0.486. The first kappa shape index (κ1) is 19.8. The summed E-state index contributed by atoms with van der Waals surface area (Å²) in [6.45, 7) is 2.41. The maximum absolute atomic E-state index is 12.2. The van der Waals surface area contributed by atoms with E-state index in [1.165, 1.54) is 23.9 Å². The summed E-state index contributed by atoms with van der Waals surface area (Å²) in [5.41, 5.74) is 5.43. The van der Waals surface area contributed by atoms with E-state index in [1.807, 2.05) is 43.3 Å². The van der Waals surface area contributed by atoms with E-state index in [1.54, 1.807) is 24.3 Å². The molecule has 0 bridgehead atoms. The van der Waals surface area contributed by atoms with Crippen LogP contribution in [0.2, 0.25) is 0 Å². The molecule has 3 aromatic rings. The predicted molar refractivity (Wildman–Crippen MR) is 110 cm³/mol. The minimum Gasteiger partial charge on any atom is -0.489 e. The van der Waals surface area contributed by atoms with Crippen LogP contribution in [0.5, 0.6) is 5.75 Å². The summed E-state index contributed by atoms with van der Waals surface area (Å²) in [7, 11) is 0. The topological polar surface area (TPSA) is 93.8 Å². The number of amides is 1. The van der Waals surface area contributed by atoms with Crippen LogP contribution in [0.1, 0.15) is 27.0 Å². The van der Waals surface area contributed by atoms with E-state index in [4.69, 9.17) is 4.74 Å². The number of hydrazone groups is 1. The van der Waals surface area contributed by atoms with Crippen molar-refractivity contribution < 1.29 is 14.5 Å². The van der Waals surface area contributed by atoms with E-state index >= 15 is 0 Å². The average Bonchev–Trinajstić information content (AvgIpc) is 2.74. The Morgan fingerprint density at radius 2 is 1.83 bits per heavy atom. The number of ether oxygens (including phenoxy) is 1. The number of nitro groups is 1. The van der Waals surface area contributed by atoms with Crippen molar-refractivity contribution in [1.29, 1.82) is 0 Å². The molecule has 0 spiro atoms. The Hall–Kier alpha value is -4.00. The van der Waals surface area contributed by atoms with Gasteiger partial charge < -0.3 is 4.74 Å². The van der Waals surface area contributed by atoms with Gasteiger partial charge in [-0.15, -0.1) is 0 Å². The molecule has 0 aliphatic heterocycles. The highest BCUT2D eigenvalue weighted by Gasteiger charge is 2.06. The Kier molecular flexibility index (Phi) is 6.32. The number of carbonyl (C=O) groups excluding carboxylic acids is 1. The van der Waals surface area contributed by atoms with Gasteiger partial charge in [0.2, 0.25) is 0 Å². The van der Waals surface area contributed by atoms with Gasteiger partial charge in [0.05, 0.1) is 11.1 Å². The molecule has 7 nitrogen and oxygen atoms in total. The lowest BCUT2D eigenvalue weighted by molar-refractivity contribution is -0.384. The first-order valence-electron chi connectivity index (χ1n) is 8.87. The summed E-state index contributed by atoms with van der Waals surface area (Å²) >= 11 is 0. The average molecular weight is 389 g/mol. The molecule has 1 amide bonds. The number of aryl methyl sites for hydroxylation is 1. The number of nitrogens with one attached hydrogen (secondary N) is 1. The molecule has 146 valence electrons. The third kappa shape index (κ3) is 5.74. The third-order valence-corrected chi connectivity index (χ3v) is 4.10. The van der Waals surface area contributed by atoms with E-state index in [9.17, 15) is 14.9 Å². The van der Waals surface area contributed by atoms with Gasteiger partial charge in [0, 0.05) is 23.3 Å². The van der Waals surface area contributed by atoms with Crippen molar-refractivity contribution >= 4 is 17.8 Å². The summed E-state index contributed by atoms with van der Waals surface area (Å²) in [6, 6.07) is 20.8. The molecule has 3 rings (SSSR count). The van der Waals surface area contributed by atoms with Crippen LogP contribution >= 0.6 is 0 Å². The van der Waals surface area contributed by atoms with Crippen LogP contribution < -0.4 is 10.2 Å². The highest BCUT2D eigenvalue weighted by Crippen LogP contribution is 2.14. The zero-order chi connectivity index (χ0) is 20.6. The van der Waals surface area contributed by atoms with Gasteiger partial charge in [0.1, 0.15) is 12.4 Å². The standard InChI is InChI=1S/C22H19N3O4/c1-16-5-11-21(12-6-16)29-15-17-7-9-19(10-8-17)22(26)24-23-14-18-3-2-4-20(13-18)25(27)28/h2-14H,15H2,1H3,(H,24,26)/b23-14-. The Bertz CT molecular complexity index is 1030. The van der Waals surface area contributed by atoms with E-state index in [2.05, 4.69) is 10.5 Å². The van der Waals surface area contributed by atoms with Crippen molar-refractivity contribution in [2.45, 2.75) is 13.5 Å². The van der Waals surface area contributed by atoms with Crippen LogP contribution in [-0.2, 0) is 6.61 Å². The zero-order valence-corrected chi connectivity index (χ0v) is 15.7. The fourth-order valence-corrected chi connectivity index (χ4v) is 2.50. The molecule has 0 atom stereocenters. The maximum Gasteiger partial charge on any atom is 0.271 e. The highest BCUT2D eigenvalue weighted by atomic mass is 16.6. The molecule has 0 radical (unpaired) electrons. The molecule has 0 aliphatic rings. The number of hydrogen-bond donors (Lipinski definition) is 1. The molecule has 0 saturated heterocycles. The van der Waals surface area contributed by atoms with Gasteiger partial charge in [-0.1, -0.05) is 42.0 Å². The molecule has 1 N–H and O–H groups in total. The SMILES string of the molecule is Cc1ccc(OCc2ccc(C(=O)N/N=C\c3cccc([N+](=O)[O-])c3)cc2)cc1. The monoisotopic (exact) mass is 389 g/mol. The molecule has 0 fully saturated rings. The number of rotatable bonds is 7. The van der Waals surface area contributed by atoms with Gasteiger partial charge in [0.25, 0.3) is 11.6 Å². The number of benzene rings is 3. The van der Waals surface area contributed by atoms with Crippen LogP contribution in [0.3, 0.4) is 0 Å². The van der Waals surface area contributed by atoms with Crippen molar-refractivity contribution in [3.63, 3.8) is 0 Å². The van der Waals surface area contributed by atoms with Gasteiger partial charge in [-0.05, 0) is 36.8 Å². The number of hydrogen-bond acceptors (Lipinski definition) is 5. The van der Waals surface area contributed by atoms with Crippen molar-refractivity contribution in [2.24, 2.45) is 5.10 Å². The second kappa shape index (κ2) is 9.27. The second-order valence-electron chi connectivity index (χ2n) is 6.35. The Labute approximate surface area is 167 Å². The van der Waals surface area contributed by atoms with Crippen molar-refractivity contribution in [1.82, 2.24) is 5.43 Å². The molecule has 0 unspecified atom stereocenters. The van der Waals surface area contributed by atoms with Crippen LogP contribution in [0.4, 0.5) is 5.69 Å². The Balaban J connectivity index is 1.54. The first-order chi connectivity index (χ1) is 14.0. The van der Waals surface area contributed by atoms with Gasteiger partial charge >= 0.3 is 0 Å². The fraction of sp³-hybridized carbons (Fsp3) is 0.0909. The molecule has 0 saturated carbocycles. The third-order valence-electron chi connectivity index (χ3n) is 4.10.